The maximum absolute atomic E-state index is 10.2. The average Bonchev–Trinajstić information content (AvgIpc) is 2.08. The molecule has 0 radical (unpaired) electrons. The van der Waals surface area contributed by atoms with Crippen LogP contribution in [0, 0.1) is 18.8 Å². The van der Waals surface area contributed by atoms with Crippen LogP contribution in [0.25, 0.3) is 0 Å². The summed E-state index contributed by atoms with van der Waals surface area (Å²) in [7, 11) is 0. The number of carboxylic acids is 1. The van der Waals surface area contributed by atoms with Gasteiger partial charge in [-0.3, -0.25) is 4.79 Å². The van der Waals surface area contributed by atoms with Crippen LogP contribution in [0.1, 0.15) is 17.7 Å². The first-order valence-electron chi connectivity index (χ1n) is 3.79. The van der Waals surface area contributed by atoms with Crippen LogP contribution in [0.5, 0.6) is 0 Å². The molecule has 1 N–H and O–H groups in total. The van der Waals surface area contributed by atoms with Crippen molar-refractivity contribution < 1.29 is 9.90 Å². The molecular weight excluding hydrogens is 204 g/mol. The molecule has 0 aliphatic carbocycles. The zero-order valence-electron chi connectivity index (χ0n) is 7.41. The Balaban J connectivity index is 2.85. The molecule has 14 heavy (non-hydrogen) atoms. The van der Waals surface area contributed by atoms with Gasteiger partial charge in [0.1, 0.15) is 6.42 Å². The van der Waals surface area contributed by atoms with E-state index in [1.54, 1.807) is 6.92 Å². The summed E-state index contributed by atoms with van der Waals surface area (Å²) in [6, 6.07) is 0. The highest BCUT2D eigenvalue weighted by atomic mass is 35.5. The van der Waals surface area contributed by atoms with E-state index in [9.17, 15) is 4.79 Å². The Kier molecular flexibility index (Phi) is 3.43. The van der Waals surface area contributed by atoms with Crippen molar-refractivity contribution >= 4 is 17.6 Å². The monoisotopic (exact) mass is 210 g/mol. The first kappa shape index (κ1) is 10.5. The second-order valence-electron chi connectivity index (χ2n) is 2.51. The van der Waals surface area contributed by atoms with E-state index in [0.717, 1.165) is 0 Å². The van der Waals surface area contributed by atoms with Crippen molar-refractivity contribution in [3.8, 4) is 11.8 Å². The quantitative estimate of drug-likeness (QED) is 0.560. The molecule has 0 amide bonds. The van der Waals surface area contributed by atoms with Crippen molar-refractivity contribution in [2.45, 2.75) is 13.3 Å². The third kappa shape index (κ3) is 3.04. The van der Waals surface area contributed by atoms with Crippen LogP contribution in [0.15, 0.2) is 6.20 Å². The molecule has 1 heterocycles. The van der Waals surface area contributed by atoms with E-state index in [4.69, 9.17) is 16.7 Å². The Hall–Kier alpha value is -1.60. The molecule has 0 spiro atoms. The fourth-order valence-corrected chi connectivity index (χ4v) is 0.952. The summed E-state index contributed by atoms with van der Waals surface area (Å²) in [6.45, 7) is 1.73. The number of carbonyl (C=O) groups is 1. The number of nitrogens with zero attached hydrogens (tertiary/aromatic N) is 2. The number of carboxylic acid groups (broad SMARTS) is 1. The summed E-state index contributed by atoms with van der Waals surface area (Å²) in [4.78, 5) is 17.8. The fourth-order valence-electron chi connectivity index (χ4n) is 0.776. The van der Waals surface area contributed by atoms with Gasteiger partial charge in [0.25, 0.3) is 0 Å². The molecule has 72 valence electrons. The number of hydrogen-bond acceptors (Lipinski definition) is 3. The van der Waals surface area contributed by atoms with Gasteiger partial charge in [-0.25, -0.2) is 9.97 Å². The molecule has 1 aromatic rings. The second-order valence-corrected chi connectivity index (χ2v) is 2.85. The minimum atomic E-state index is -0.954. The third-order valence-electron chi connectivity index (χ3n) is 1.41. The SMILES string of the molecule is Cc1nc(Cl)ncc1C#CCC(=O)O. The third-order valence-corrected chi connectivity index (χ3v) is 1.59. The first-order chi connectivity index (χ1) is 6.59. The summed E-state index contributed by atoms with van der Waals surface area (Å²) in [5.74, 6) is 4.19. The van der Waals surface area contributed by atoms with Gasteiger partial charge in [0.2, 0.25) is 5.28 Å². The predicted molar refractivity (Wildman–Crippen MR) is 50.9 cm³/mol. The molecule has 0 aromatic carbocycles. The second kappa shape index (κ2) is 4.58. The van der Waals surface area contributed by atoms with Crippen molar-refractivity contribution in [1.29, 1.82) is 0 Å². The molecule has 0 atom stereocenters. The molecule has 5 heteroatoms. The Morgan fingerprint density at radius 2 is 2.43 bits per heavy atom. The lowest BCUT2D eigenvalue weighted by Gasteiger charge is -1.95. The van der Waals surface area contributed by atoms with E-state index < -0.39 is 5.97 Å². The van der Waals surface area contributed by atoms with Gasteiger partial charge < -0.3 is 5.11 Å². The van der Waals surface area contributed by atoms with E-state index in [2.05, 4.69) is 21.8 Å². The van der Waals surface area contributed by atoms with Crippen LogP contribution in [-0.2, 0) is 4.79 Å². The number of rotatable bonds is 1. The zero-order valence-corrected chi connectivity index (χ0v) is 8.17. The molecule has 0 unspecified atom stereocenters. The fraction of sp³-hybridized carbons (Fsp3) is 0.222. The van der Waals surface area contributed by atoms with E-state index >= 15 is 0 Å². The molecule has 0 bridgehead atoms. The van der Waals surface area contributed by atoms with Crippen LogP contribution in [0.4, 0.5) is 0 Å². The van der Waals surface area contributed by atoms with Crippen LogP contribution < -0.4 is 0 Å². The Morgan fingerprint density at radius 1 is 1.71 bits per heavy atom. The average molecular weight is 211 g/mol. The lowest BCUT2D eigenvalue weighted by Crippen LogP contribution is -1.93. The number of aliphatic carboxylic acids is 1. The summed E-state index contributed by atoms with van der Waals surface area (Å²) in [6.07, 6.45) is 1.28. The smallest absolute Gasteiger partial charge is 0.315 e. The number of aromatic nitrogens is 2. The Morgan fingerprint density at radius 3 is 3.00 bits per heavy atom. The van der Waals surface area contributed by atoms with Crippen LogP contribution in [0.3, 0.4) is 0 Å². The molecule has 0 fully saturated rings. The highest BCUT2D eigenvalue weighted by molar-refractivity contribution is 6.28. The number of hydrogen-bond donors (Lipinski definition) is 1. The molecule has 4 nitrogen and oxygen atoms in total. The summed E-state index contributed by atoms with van der Waals surface area (Å²) in [5, 5.41) is 8.51. The molecule has 1 rings (SSSR count). The minimum absolute atomic E-state index is 0.159. The number of halogens is 1. The van der Waals surface area contributed by atoms with Crippen molar-refractivity contribution in [3.63, 3.8) is 0 Å². The highest BCUT2D eigenvalue weighted by Crippen LogP contribution is 2.05. The normalized spacial score (nSPS) is 9.00. The van der Waals surface area contributed by atoms with Crippen LogP contribution >= 0.6 is 11.6 Å². The molecule has 0 saturated heterocycles. The van der Waals surface area contributed by atoms with Crippen molar-refractivity contribution in [3.05, 3.63) is 22.7 Å². The van der Waals surface area contributed by atoms with Crippen LogP contribution in [0.2, 0.25) is 5.28 Å². The molecule has 1 aromatic heterocycles. The molecule has 0 saturated carbocycles. The van der Waals surface area contributed by atoms with Gasteiger partial charge in [-0.15, -0.1) is 0 Å². The molecular formula is C9H7ClN2O2. The summed E-state index contributed by atoms with van der Waals surface area (Å²) in [5.41, 5.74) is 1.23. The summed E-state index contributed by atoms with van der Waals surface area (Å²) >= 11 is 5.54. The van der Waals surface area contributed by atoms with Gasteiger partial charge in [-0.2, -0.15) is 0 Å². The van der Waals surface area contributed by atoms with E-state index in [0.29, 0.717) is 11.3 Å². The largest absolute Gasteiger partial charge is 0.481 e. The molecule has 0 aliphatic heterocycles. The van der Waals surface area contributed by atoms with Gasteiger partial charge in [0.15, 0.2) is 0 Å². The first-order valence-corrected chi connectivity index (χ1v) is 4.17. The minimum Gasteiger partial charge on any atom is -0.481 e. The van der Waals surface area contributed by atoms with E-state index in [1.165, 1.54) is 6.20 Å². The van der Waals surface area contributed by atoms with Crippen LogP contribution in [-0.4, -0.2) is 21.0 Å². The Labute approximate surface area is 86.0 Å². The van der Waals surface area contributed by atoms with Gasteiger partial charge in [0.05, 0.1) is 11.3 Å². The topological polar surface area (TPSA) is 63.1 Å². The van der Waals surface area contributed by atoms with E-state index in [-0.39, 0.29) is 11.7 Å². The lowest BCUT2D eigenvalue weighted by molar-refractivity contribution is -0.135. The highest BCUT2D eigenvalue weighted by Gasteiger charge is 1.98. The predicted octanol–water partition coefficient (Wildman–Crippen LogP) is 1.26. The standard InChI is InChI=1S/C9H7ClN2O2/c1-6-7(3-2-4-8(13)14)5-11-9(10)12-6/h5H,4H2,1H3,(H,13,14). The van der Waals surface area contributed by atoms with E-state index in [1.807, 2.05) is 0 Å². The molecule has 0 aliphatic rings. The van der Waals surface area contributed by atoms with Gasteiger partial charge >= 0.3 is 5.97 Å². The van der Waals surface area contributed by atoms with Gasteiger partial charge in [0, 0.05) is 6.20 Å². The number of aryl methyl sites for hydroxylation is 1. The lowest BCUT2D eigenvalue weighted by atomic mass is 10.2. The maximum Gasteiger partial charge on any atom is 0.315 e. The van der Waals surface area contributed by atoms with Crippen molar-refractivity contribution in [2.75, 3.05) is 0 Å². The van der Waals surface area contributed by atoms with Crippen molar-refractivity contribution in [1.82, 2.24) is 9.97 Å². The summed E-state index contributed by atoms with van der Waals surface area (Å²) < 4.78 is 0. The van der Waals surface area contributed by atoms with Gasteiger partial charge in [-0.1, -0.05) is 11.8 Å². The maximum atomic E-state index is 10.2. The zero-order chi connectivity index (χ0) is 10.6. The Bertz CT molecular complexity index is 421. The van der Waals surface area contributed by atoms with Gasteiger partial charge in [-0.05, 0) is 18.5 Å². The van der Waals surface area contributed by atoms with Crippen molar-refractivity contribution in [2.24, 2.45) is 0 Å².